The van der Waals surface area contributed by atoms with Crippen LogP contribution in [0.15, 0.2) is 18.2 Å². The van der Waals surface area contributed by atoms with Gasteiger partial charge in [0.05, 0.1) is 11.1 Å². The molecule has 0 aromatic heterocycles. The number of hydrogen-bond acceptors (Lipinski definition) is 3. The van der Waals surface area contributed by atoms with Gasteiger partial charge in [-0.25, -0.2) is 8.78 Å². The van der Waals surface area contributed by atoms with Crippen LogP contribution in [0.5, 0.6) is 5.75 Å². The number of hydrogen-bond donors (Lipinski definition) is 3. The van der Waals surface area contributed by atoms with E-state index in [-0.39, 0.29) is 16.3 Å². The van der Waals surface area contributed by atoms with Crippen molar-refractivity contribution < 1.29 is 19.0 Å². The van der Waals surface area contributed by atoms with Crippen LogP contribution in [0.1, 0.15) is 11.6 Å². The number of nitrogens with two attached hydrogens (primary N) is 1. The van der Waals surface area contributed by atoms with Gasteiger partial charge in [0.1, 0.15) is 12.4 Å². The largest absolute Gasteiger partial charge is 0.506 e. The Kier molecular flexibility index (Phi) is 3.49. The number of alkyl halides is 2. The summed E-state index contributed by atoms with van der Waals surface area (Å²) in [5.74, 6) is -3.62. The van der Waals surface area contributed by atoms with Gasteiger partial charge in [-0.15, -0.1) is 0 Å². The van der Waals surface area contributed by atoms with Crippen LogP contribution in [-0.2, 0) is 0 Å². The smallest absolute Gasteiger partial charge is 0.289 e. The molecular weight excluding hydrogens is 228 g/mol. The SMILES string of the molecule is N[C@@H](c1ccc(O)c(Cl)c1)C(F)(F)CO. The first kappa shape index (κ1) is 12.2. The van der Waals surface area contributed by atoms with Crippen LogP contribution < -0.4 is 5.73 Å². The zero-order chi connectivity index (χ0) is 11.6. The lowest BCUT2D eigenvalue weighted by atomic mass is 10.0. The number of rotatable bonds is 3. The Morgan fingerprint density at radius 1 is 1.47 bits per heavy atom. The minimum atomic E-state index is -3.42. The second-order valence-corrected chi connectivity index (χ2v) is 3.51. The second kappa shape index (κ2) is 4.30. The van der Waals surface area contributed by atoms with E-state index in [0.717, 1.165) is 6.07 Å². The molecule has 0 aliphatic rings. The fourth-order valence-corrected chi connectivity index (χ4v) is 1.25. The summed E-state index contributed by atoms with van der Waals surface area (Å²) in [6.45, 7) is -1.34. The summed E-state index contributed by atoms with van der Waals surface area (Å²) in [6, 6.07) is 1.89. The molecule has 84 valence electrons. The molecule has 4 N–H and O–H groups in total. The molecule has 6 heteroatoms. The van der Waals surface area contributed by atoms with E-state index in [9.17, 15) is 8.78 Å². The molecule has 0 aliphatic heterocycles. The van der Waals surface area contributed by atoms with Crippen LogP contribution in [0.2, 0.25) is 5.02 Å². The number of aliphatic hydroxyl groups excluding tert-OH is 1. The molecule has 0 fully saturated rings. The number of halogens is 3. The highest BCUT2D eigenvalue weighted by atomic mass is 35.5. The maximum absolute atomic E-state index is 13.0. The number of aromatic hydroxyl groups is 1. The Bertz CT molecular complexity index is 360. The van der Waals surface area contributed by atoms with E-state index < -0.39 is 18.6 Å². The first-order valence-corrected chi connectivity index (χ1v) is 4.49. The van der Waals surface area contributed by atoms with Gasteiger partial charge in [0.25, 0.3) is 5.92 Å². The molecule has 1 aromatic rings. The number of benzene rings is 1. The molecule has 0 aliphatic carbocycles. The van der Waals surface area contributed by atoms with Crippen molar-refractivity contribution in [1.29, 1.82) is 0 Å². The van der Waals surface area contributed by atoms with Gasteiger partial charge in [-0.05, 0) is 17.7 Å². The molecule has 15 heavy (non-hydrogen) atoms. The summed E-state index contributed by atoms with van der Waals surface area (Å²) in [6.07, 6.45) is 0. The predicted octanol–water partition coefficient (Wildman–Crippen LogP) is 1.67. The van der Waals surface area contributed by atoms with E-state index >= 15 is 0 Å². The maximum atomic E-state index is 13.0. The van der Waals surface area contributed by atoms with Crippen molar-refractivity contribution in [3.8, 4) is 5.75 Å². The molecule has 0 radical (unpaired) electrons. The Hall–Kier alpha value is -0.910. The fourth-order valence-electron chi connectivity index (χ4n) is 1.06. The van der Waals surface area contributed by atoms with Gasteiger partial charge in [-0.1, -0.05) is 17.7 Å². The topological polar surface area (TPSA) is 66.5 Å². The highest BCUT2D eigenvalue weighted by Gasteiger charge is 2.37. The molecule has 0 saturated carbocycles. The average Bonchev–Trinajstić information content (AvgIpc) is 2.21. The minimum Gasteiger partial charge on any atom is -0.506 e. The highest BCUT2D eigenvalue weighted by Crippen LogP contribution is 2.32. The fraction of sp³-hybridized carbons (Fsp3) is 0.333. The van der Waals surface area contributed by atoms with Crippen molar-refractivity contribution in [3.63, 3.8) is 0 Å². The summed E-state index contributed by atoms with van der Waals surface area (Å²) in [4.78, 5) is 0. The van der Waals surface area contributed by atoms with Crippen molar-refractivity contribution in [2.75, 3.05) is 6.61 Å². The van der Waals surface area contributed by atoms with Gasteiger partial charge in [-0.3, -0.25) is 0 Å². The molecular formula is C9H10ClF2NO2. The van der Waals surface area contributed by atoms with Gasteiger partial charge in [-0.2, -0.15) is 0 Å². The molecule has 0 heterocycles. The summed E-state index contributed by atoms with van der Waals surface area (Å²) in [5, 5.41) is 17.5. The molecule has 3 nitrogen and oxygen atoms in total. The van der Waals surface area contributed by atoms with E-state index in [0.29, 0.717) is 0 Å². The van der Waals surface area contributed by atoms with E-state index in [4.69, 9.17) is 27.5 Å². The standard InChI is InChI=1S/C9H10ClF2NO2/c10-6-3-5(1-2-7(6)15)8(13)9(11,12)4-14/h1-3,8,14-15H,4,13H2/t8-/m0/s1. The summed E-state index contributed by atoms with van der Waals surface area (Å²) in [7, 11) is 0. The van der Waals surface area contributed by atoms with Crippen LogP contribution in [0, 0.1) is 0 Å². The molecule has 0 amide bonds. The van der Waals surface area contributed by atoms with Gasteiger partial charge in [0.2, 0.25) is 0 Å². The molecule has 1 rings (SSSR count). The normalized spacial score (nSPS) is 13.9. The van der Waals surface area contributed by atoms with E-state index in [2.05, 4.69) is 0 Å². The number of phenols is 1. The van der Waals surface area contributed by atoms with E-state index in [1.165, 1.54) is 12.1 Å². The first-order valence-electron chi connectivity index (χ1n) is 4.11. The van der Waals surface area contributed by atoms with Crippen molar-refractivity contribution >= 4 is 11.6 Å². The number of aliphatic hydroxyl groups is 1. The van der Waals surface area contributed by atoms with Crippen LogP contribution >= 0.6 is 11.6 Å². The zero-order valence-corrected chi connectivity index (χ0v) is 8.38. The molecule has 0 unspecified atom stereocenters. The van der Waals surface area contributed by atoms with Crippen LogP contribution in [0.3, 0.4) is 0 Å². The Morgan fingerprint density at radius 3 is 2.53 bits per heavy atom. The van der Waals surface area contributed by atoms with Gasteiger partial charge in [0.15, 0.2) is 0 Å². The molecule has 0 spiro atoms. The van der Waals surface area contributed by atoms with Crippen molar-refractivity contribution in [3.05, 3.63) is 28.8 Å². The Morgan fingerprint density at radius 2 is 2.07 bits per heavy atom. The summed E-state index contributed by atoms with van der Waals surface area (Å²) < 4.78 is 26.0. The number of phenolic OH excluding ortho intramolecular Hbond substituents is 1. The average molecular weight is 238 g/mol. The third-order valence-corrected chi connectivity index (χ3v) is 2.30. The van der Waals surface area contributed by atoms with Crippen molar-refractivity contribution in [1.82, 2.24) is 0 Å². The third kappa shape index (κ3) is 2.56. The Labute approximate surface area is 90.1 Å². The predicted molar refractivity (Wildman–Crippen MR) is 52.1 cm³/mol. The van der Waals surface area contributed by atoms with Crippen LogP contribution in [-0.4, -0.2) is 22.7 Å². The summed E-state index contributed by atoms with van der Waals surface area (Å²) in [5.41, 5.74) is 5.30. The first-order chi connectivity index (χ1) is 6.88. The summed E-state index contributed by atoms with van der Waals surface area (Å²) >= 11 is 5.54. The lowest BCUT2D eigenvalue weighted by Gasteiger charge is -2.21. The lowest BCUT2D eigenvalue weighted by Crippen LogP contribution is -2.36. The quantitative estimate of drug-likeness (QED) is 0.749. The molecule has 1 atom stereocenters. The van der Waals surface area contributed by atoms with E-state index in [1.807, 2.05) is 0 Å². The van der Waals surface area contributed by atoms with Crippen LogP contribution in [0.25, 0.3) is 0 Å². The highest BCUT2D eigenvalue weighted by molar-refractivity contribution is 6.32. The molecule has 1 aromatic carbocycles. The molecule has 0 bridgehead atoms. The van der Waals surface area contributed by atoms with Gasteiger partial charge >= 0.3 is 0 Å². The van der Waals surface area contributed by atoms with Gasteiger partial charge < -0.3 is 15.9 Å². The van der Waals surface area contributed by atoms with Gasteiger partial charge in [0, 0.05) is 0 Å². The lowest BCUT2D eigenvalue weighted by molar-refractivity contribution is -0.0711. The third-order valence-electron chi connectivity index (χ3n) is 2.00. The zero-order valence-electron chi connectivity index (χ0n) is 7.62. The monoisotopic (exact) mass is 237 g/mol. The van der Waals surface area contributed by atoms with Crippen molar-refractivity contribution in [2.45, 2.75) is 12.0 Å². The minimum absolute atomic E-state index is 0.0526. The second-order valence-electron chi connectivity index (χ2n) is 3.11. The molecule has 0 saturated heterocycles. The van der Waals surface area contributed by atoms with Crippen molar-refractivity contribution in [2.24, 2.45) is 5.73 Å². The maximum Gasteiger partial charge on any atom is 0.289 e. The van der Waals surface area contributed by atoms with Crippen LogP contribution in [0.4, 0.5) is 8.78 Å². The van der Waals surface area contributed by atoms with E-state index in [1.54, 1.807) is 0 Å². The Balaban J connectivity index is 3.02.